The maximum atomic E-state index is 12.2. The zero-order valence-electron chi connectivity index (χ0n) is 17.2. The van der Waals surface area contributed by atoms with Gasteiger partial charge >= 0.3 is 5.97 Å². The number of amides is 1. The molecule has 2 rings (SSSR count). The van der Waals surface area contributed by atoms with Gasteiger partial charge in [-0.1, -0.05) is 38.1 Å². The SMILES string of the molecule is CCC(C)c1ccccc1NC(=O)COC(=O)/C=C/c1ccc(OC)c(OC)c1. The molecule has 0 aliphatic rings. The quantitative estimate of drug-likeness (QED) is 0.501. The summed E-state index contributed by atoms with van der Waals surface area (Å²) in [6, 6.07) is 12.9. The average molecular weight is 397 g/mol. The number of para-hydroxylation sites is 1. The van der Waals surface area contributed by atoms with Crippen LogP contribution < -0.4 is 14.8 Å². The monoisotopic (exact) mass is 397 g/mol. The van der Waals surface area contributed by atoms with Crippen molar-refractivity contribution in [1.82, 2.24) is 0 Å². The topological polar surface area (TPSA) is 73.9 Å². The van der Waals surface area contributed by atoms with Gasteiger partial charge in [0.05, 0.1) is 14.2 Å². The van der Waals surface area contributed by atoms with Gasteiger partial charge in [0.25, 0.3) is 5.91 Å². The molecule has 6 heteroatoms. The number of rotatable bonds is 9. The van der Waals surface area contributed by atoms with Crippen LogP contribution in [0.1, 0.15) is 37.3 Å². The Labute approximate surface area is 171 Å². The van der Waals surface area contributed by atoms with Crippen LogP contribution in [-0.2, 0) is 14.3 Å². The van der Waals surface area contributed by atoms with E-state index in [0.717, 1.165) is 23.2 Å². The minimum absolute atomic E-state index is 0.318. The van der Waals surface area contributed by atoms with Crippen molar-refractivity contribution in [2.45, 2.75) is 26.2 Å². The summed E-state index contributed by atoms with van der Waals surface area (Å²) in [5.74, 6) is 0.487. The van der Waals surface area contributed by atoms with E-state index in [0.29, 0.717) is 17.4 Å². The Morgan fingerprint density at radius 3 is 2.48 bits per heavy atom. The maximum Gasteiger partial charge on any atom is 0.331 e. The Balaban J connectivity index is 1.91. The smallest absolute Gasteiger partial charge is 0.331 e. The molecule has 154 valence electrons. The van der Waals surface area contributed by atoms with Crippen LogP contribution in [0, 0.1) is 0 Å². The first-order valence-electron chi connectivity index (χ1n) is 9.44. The van der Waals surface area contributed by atoms with Crippen molar-refractivity contribution in [1.29, 1.82) is 0 Å². The van der Waals surface area contributed by atoms with Crippen LogP contribution in [0.3, 0.4) is 0 Å². The summed E-state index contributed by atoms with van der Waals surface area (Å²) >= 11 is 0. The molecule has 1 atom stereocenters. The van der Waals surface area contributed by atoms with E-state index in [1.807, 2.05) is 24.3 Å². The highest BCUT2D eigenvalue weighted by atomic mass is 16.5. The van der Waals surface area contributed by atoms with E-state index in [2.05, 4.69) is 19.2 Å². The highest BCUT2D eigenvalue weighted by Crippen LogP contribution is 2.28. The van der Waals surface area contributed by atoms with Crippen molar-refractivity contribution in [3.05, 3.63) is 59.7 Å². The Morgan fingerprint density at radius 1 is 1.07 bits per heavy atom. The number of nitrogens with one attached hydrogen (secondary N) is 1. The first-order chi connectivity index (χ1) is 14.0. The highest BCUT2D eigenvalue weighted by Gasteiger charge is 2.12. The van der Waals surface area contributed by atoms with Crippen LogP contribution in [0.4, 0.5) is 5.69 Å². The molecule has 1 unspecified atom stereocenters. The van der Waals surface area contributed by atoms with Gasteiger partial charge in [0, 0.05) is 11.8 Å². The summed E-state index contributed by atoms with van der Waals surface area (Å²) in [5, 5.41) is 2.81. The number of carbonyl (C=O) groups is 2. The first kappa shape index (κ1) is 22.0. The molecule has 0 aliphatic carbocycles. The Hall–Kier alpha value is -3.28. The van der Waals surface area contributed by atoms with Crippen molar-refractivity contribution in [2.75, 3.05) is 26.1 Å². The first-order valence-corrected chi connectivity index (χ1v) is 9.44. The lowest BCUT2D eigenvalue weighted by Crippen LogP contribution is -2.21. The molecular formula is C23H27NO5. The lowest BCUT2D eigenvalue weighted by molar-refractivity contribution is -0.142. The third-order valence-electron chi connectivity index (χ3n) is 4.54. The molecule has 0 aliphatic heterocycles. The molecule has 0 radical (unpaired) electrons. The Morgan fingerprint density at radius 2 is 1.79 bits per heavy atom. The standard InChI is InChI=1S/C23H27NO5/c1-5-16(2)18-8-6-7-9-19(18)24-22(25)15-29-23(26)13-11-17-10-12-20(27-3)21(14-17)28-4/h6-14,16H,5,15H2,1-4H3,(H,24,25)/b13-11+. The van der Waals surface area contributed by atoms with Crippen molar-refractivity contribution < 1.29 is 23.8 Å². The number of benzene rings is 2. The van der Waals surface area contributed by atoms with Gasteiger partial charge in [0.1, 0.15) is 0 Å². The zero-order valence-corrected chi connectivity index (χ0v) is 17.2. The predicted molar refractivity (Wildman–Crippen MR) is 113 cm³/mol. The fraction of sp³-hybridized carbons (Fsp3) is 0.304. The van der Waals surface area contributed by atoms with Gasteiger partial charge in [0.2, 0.25) is 0 Å². The average Bonchev–Trinajstić information content (AvgIpc) is 2.75. The summed E-state index contributed by atoms with van der Waals surface area (Å²) in [4.78, 5) is 24.1. The van der Waals surface area contributed by atoms with E-state index in [1.165, 1.54) is 13.2 Å². The molecule has 1 amide bonds. The van der Waals surface area contributed by atoms with Gasteiger partial charge in [-0.15, -0.1) is 0 Å². The number of esters is 1. The molecule has 0 aromatic heterocycles. The number of hydrogen-bond acceptors (Lipinski definition) is 5. The fourth-order valence-corrected chi connectivity index (χ4v) is 2.75. The van der Waals surface area contributed by atoms with Gasteiger partial charge in [-0.25, -0.2) is 4.79 Å². The van der Waals surface area contributed by atoms with Gasteiger partial charge in [-0.2, -0.15) is 0 Å². The molecule has 29 heavy (non-hydrogen) atoms. The van der Waals surface area contributed by atoms with E-state index >= 15 is 0 Å². The van der Waals surface area contributed by atoms with E-state index in [1.54, 1.807) is 31.4 Å². The number of hydrogen-bond donors (Lipinski definition) is 1. The summed E-state index contributed by atoms with van der Waals surface area (Å²) in [7, 11) is 3.09. The van der Waals surface area contributed by atoms with Crippen LogP contribution in [0.5, 0.6) is 11.5 Å². The third-order valence-corrected chi connectivity index (χ3v) is 4.54. The zero-order chi connectivity index (χ0) is 21.2. The minimum atomic E-state index is -0.606. The van der Waals surface area contributed by atoms with Gasteiger partial charge < -0.3 is 19.5 Å². The molecule has 0 fully saturated rings. The molecule has 0 saturated carbocycles. The van der Waals surface area contributed by atoms with Gasteiger partial charge in [0.15, 0.2) is 18.1 Å². The van der Waals surface area contributed by atoms with Gasteiger partial charge in [-0.05, 0) is 47.7 Å². The van der Waals surface area contributed by atoms with E-state index in [4.69, 9.17) is 14.2 Å². The molecule has 6 nitrogen and oxygen atoms in total. The number of methoxy groups -OCH3 is 2. The number of carbonyl (C=O) groups excluding carboxylic acids is 2. The molecule has 0 bridgehead atoms. The van der Waals surface area contributed by atoms with Crippen LogP contribution >= 0.6 is 0 Å². The van der Waals surface area contributed by atoms with Crippen molar-refractivity contribution in [2.24, 2.45) is 0 Å². The predicted octanol–water partition coefficient (Wildman–Crippen LogP) is 4.41. The Bertz CT molecular complexity index is 875. The largest absolute Gasteiger partial charge is 0.493 e. The number of ether oxygens (including phenoxy) is 3. The van der Waals surface area contributed by atoms with Crippen molar-refractivity contribution >= 4 is 23.6 Å². The summed E-state index contributed by atoms with van der Waals surface area (Å²) in [5.41, 5.74) is 2.54. The molecule has 1 N–H and O–H groups in total. The number of anilines is 1. The molecule has 0 saturated heterocycles. The summed E-state index contributed by atoms with van der Waals surface area (Å²) in [6.45, 7) is 3.84. The van der Waals surface area contributed by atoms with Crippen LogP contribution in [0.2, 0.25) is 0 Å². The van der Waals surface area contributed by atoms with Crippen molar-refractivity contribution in [3.8, 4) is 11.5 Å². The van der Waals surface area contributed by atoms with Crippen molar-refractivity contribution in [3.63, 3.8) is 0 Å². The van der Waals surface area contributed by atoms with Crippen LogP contribution in [-0.4, -0.2) is 32.7 Å². The van der Waals surface area contributed by atoms with Gasteiger partial charge in [-0.3, -0.25) is 4.79 Å². The maximum absolute atomic E-state index is 12.2. The second-order valence-corrected chi connectivity index (χ2v) is 6.50. The van der Waals surface area contributed by atoms with Crippen LogP contribution in [0.25, 0.3) is 6.08 Å². The lowest BCUT2D eigenvalue weighted by atomic mass is 9.97. The van der Waals surface area contributed by atoms with E-state index < -0.39 is 5.97 Å². The minimum Gasteiger partial charge on any atom is -0.493 e. The summed E-state index contributed by atoms with van der Waals surface area (Å²) in [6.07, 6.45) is 3.81. The molecule has 2 aromatic carbocycles. The van der Waals surface area contributed by atoms with E-state index in [-0.39, 0.29) is 12.5 Å². The highest BCUT2D eigenvalue weighted by molar-refractivity contribution is 5.95. The molecule has 2 aromatic rings. The van der Waals surface area contributed by atoms with E-state index in [9.17, 15) is 9.59 Å². The lowest BCUT2D eigenvalue weighted by Gasteiger charge is -2.15. The van der Waals surface area contributed by atoms with Crippen LogP contribution in [0.15, 0.2) is 48.5 Å². The molecule has 0 heterocycles. The fourth-order valence-electron chi connectivity index (χ4n) is 2.75. The third kappa shape index (κ3) is 6.38. The molecular weight excluding hydrogens is 370 g/mol. The normalized spacial score (nSPS) is 11.7. The second-order valence-electron chi connectivity index (χ2n) is 6.50. The second kappa shape index (κ2) is 10.9. The Kier molecular flexibility index (Phi) is 8.27. The summed E-state index contributed by atoms with van der Waals surface area (Å²) < 4.78 is 15.4. The molecule has 0 spiro atoms.